The topological polar surface area (TPSA) is 39.2 Å². The van der Waals surface area contributed by atoms with Crippen LogP contribution in [-0.2, 0) is 9.53 Å². The van der Waals surface area contributed by atoms with E-state index in [4.69, 9.17) is 11.6 Å². The van der Waals surface area contributed by atoms with E-state index in [0.29, 0.717) is 5.69 Å². The summed E-state index contributed by atoms with van der Waals surface area (Å²) in [6, 6.07) is 0. The van der Waals surface area contributed by atoms with Gasteiger partial charge in [-0.3, -0.25) is 4.79 Å². The van der Waals surface area contributed by atoms with Crippen LogP contribution in [0, 0.1) is 0 Å². The van der Waals surface area contributed by atoms with Gasteiger partial charge in [0.25, 0.3) is 0 Å². The van der Waals surface area contributed by atoms with Gasteiger partial charge in [-0.2, -0.15) is 0 Å². The number of esters is 1. The molecule has 1 aromatic heterocycles. The van der Waals surface area contributed by atoms with Gasteiger partial charge in [0.05, 0.1) is 18.3 Å². The van der Waals surface area contributed by atoms with Crippen LogP contribution < -0.4 is 0 Å². The fourth-order valence-electron chi connectivity index (χ4n) is 0.571. The number of hydrogen-bond acceptors (Lipinski definition) is 4. The van der Waals surface area contributed by atoms with Crippen molar-refractivity contribution in [1.29, 1.82) is 0 Å². The van der Waals surface area contributed by atoms with Gasteiger partial charge in [-0.25, -0.2) is 4.98 Å². The summed E-state index contributed by atoms with van der Waals surface area (Å²) in [4.78, 5) is 14.7. The molecule has 5 heteroatoms. The van der Waals surface area contributed by atoms with Crippen molar-refractivity contribution >= 4 is 28.9 Å². The maximum atomic E-state index is 10.8. The molecule has 0 aliphatic carbocycles. The predicted octanol–water partition coefficient (Wildman–Crippen LogP) is 1.60. The molecule has 1 unspecified atom stereocenters. The molecule has 0 bridgehead atoms. The monoisotopic (exact) mass is 191 g/mol. The summed E-state index contributed by atoms with van der Waals surface area (Å²) in [5.74, 6) is -0.474. The maximum Gasteiger partial charge on any atom is 0.330 e. The van der Waals surface area contributed by atoms with Crippen LogP contribution in [0.1, 0.15) is 11.1 Å². The molecule has 0 spiro atoms. The van der Waals surface area contributed by atoms with Crippen LogP contribution in [0.5, 0.6) is 0 Å². The molecule has 0 aliphatic heterocycles. The average Bonchev–Trinajstić information content (AvgIpc) is 2.53. The molecule has 1 aromatic rings. The van der Waals surface area contributed by atoms with Crippen LogP contribution in [-0.4, -0.2) is 18.1 Å². The van der Waals surface area contributed by atoms with Gasteiger partial charge in [0.2, 0.25) is 0 Å². The van der Waals surface area contributed by atoms with Crippen LogP contribution in [0.25, 0.3) is 0 Å². The van der Waals surface area contributed by atoms with Gasteiger partial charge < -0.3 is 4.74 Å². The Bertz CT molecular complexity index is 237. The number of nitrogens with zero attached hydrogens (tertiary/aromatic N) is 1. The van der Waals surface area contributed by atoms with Crippen molar-refractivity contribution < 1.29 is 9.53 Å². The molecule has 0 amide bonds. The molecule has 1 rings (SSSR count). The first-order valence-corrected chi connectivity index (χ1v) is 4.23. The van der Waals surface area contributed by atoms with Gasteiger partial charge in [-0.15, -0.1) is 22.9 Å². The summed E-state index contributed by atoms with van der Waals surface area (Å²) in [5, 5.41) is 0.945. The van der Waals surface area contributed by atoms with Crippen molar-refractivity contribution in [3.63, 3.8) is 0 Å². The van der Waals surface area contributed by atoms with Gasteiger partial charge in [-0.1, -0.05) is 0 Å². The number of halogens is 1. The number of aromatic nitrogens is 1. The summed E-state index contributed by atoms with van der Waals surface area (Å²) >= 11 is 7.06. The van der Waals surface area contributed by atoms with E-state index >= 15 is 0 Å². The summed E-state index contributed by atoms with van der Waals surface area (Å²) in [7, 11) is 1.30. The molecule has 0 aliphatic rings. The lowest BCUT2D eigenvalue weighted by molar-refractivity contribution is -0.140. The Morgan fingerprint density at radius 3 is 3.09 bits per heavy atom. The van der Waals surface area contributed by atoms with Crippen LogP contribution >= 0.6 is 22.9 Å². The molecule has 0 aromatic carbocycles. The third kappa shape index (κ3) is 1.91. The molecular weight excluding hydrogens is 186 g/mol. The second-order valence-corrected chi connectivity index (χ2v) is 2.95. The first-order valence-electron chi connectivity index (χ1n) is 2.85. The number of methoxy groups -OCH3 is 1. The molecule has 0 saturated heterocycles. The minimum Gasteiger partial charge on any atom is -0.468 e. The third-order valence-electron chi connectivity index (χ3n) is 1.12. The van der Waals surface area contributed by atoms with Gasteiger partial charge in [0, 0.05) is 5.38 Å². The van der Waals surface area contributed by atoms with Crippen molar-refractivity contribution in [2.45, 2.75) is 5.38 Å². The second-order valence-electron chi connectivity index (χ2n) is 1.80. The van der Waals surface area contributed by atoms with Crippen molar-refractivity contribution in [1.82, 2.24) is 4.98 Å². The summed E-state index contributed by atoms with van der Waals surface area (Å²) in [6.07, 6.45) is 0. The molecule has 0 N–H and O–H groups in total. The van der Waals surface area contributed by atoms with Crippen molar-refractivity contribution in [2.75, 3.05) is 7.11 Å². The normalized spacial score (nSPS) is 12.5. The summed E-state index contributed by atoms with van der Waals surface area (Å²) < 4.78 is 4.43. The first kappa shape index (κ1) is 8.49. The number of thiazole rings is 1. The number of hydrogen-bond donors (Lipinski definition) is 0. The molecule has 60 valence electrons. The van der Waals surface area contributed by atoms with Gasteiger partial charge >= 0.3 is 5.97 Å². The molecule has 0 fully saturated rings. The zero-order chi connectivity index (χ0) is 8.27. The molecule has 1 heterocycles. The van der Waals surface area contributed by atoms with E-state index in [9.17, 15) is 4.79 Å². The molecule has 11 heavy (non-hydrogen) atoms. The zero-order valence-electron chi connectivity index (χ0n) is 5.78. The molecular formula is C6H6ClNO2S. The highest BCUT2D eigenvalue weighted by Crippen LogP contribution is 2.20. The van der Waals surface area contributed by atoms with Crippen molar-refractivity contribution in [3.8, 4) is 0 Å². The Balaban J connectivity index is 2.70. The lowest BCUT2D eigenvalue weighted by Crippen LogP contribution is -2.08. The maximum absolute atomic E-state index is 10.8. The van der Waals surface area contributed by atoms with E-state index in [1.54, 1.807) is 10.9 Å². The highest BCUT2D eigenvalue weighted by Gasteiger charge is 2.19. The first-order chi connectivity index (χ1) is 5.25. The van der Waals surface area contributed by atoms with Gasteiger partial charge in [0.15, 0.2) is 5.38 Å². The van der Waals surface area contributed by atoms with Crippen molar-refractivity contribution in [2.24, 2.45) is 0 Å². The van der Waals surface area contributed by atoms with Gasteiger partial charge in [0.1, 0.15) is 0 Å². The fourth-order valence-corrected chi connectivity index (χ4v) is 1.43. The quantitative estimate of drug-likeness (QED) is 0.527. The second kappa shape index (κ2) is 3.69. The van der Waals surface area contributed by atoms with Crippen LogP contribution in [0.4, 0.5) is 0 Å². The fraction of sp³-hybridized carbons (Fsp3) is 0.333. The largest absolute Gasteiger partial charge is 0.468 e. The number of rotatable bonds is 2. The van der Waals surface area contributed by atoms with E-state index in [1.165, 1.54) is 18.4 Å². The molecule has 0 radical (unpaired) electrons. The Morgan fingerprint density at radius 2 is 2.64 bits per heavy atom. The minimum atomic E-state index is -0.772. The Morgan fingerprint density at radius 1 is 1.91 bits per heavy atom. The average molecular weight is 192 g/mol. The minimum absolute atomic E-state index is 0.474. The van der Waals surface area contributed by atoms with Gasteiger partial charge in [-0.05, 0) is 0 Å². The highest BCUT2D eigenvalue weighted by molar-refractivity contribution is 7.07. The van der Waals surface area contributed by atoms with Crippen LogP contribution in [0.2, 0.25) is 0 Å². The van der Waals surface area contributed by atoms with E-state index in [0.717, 1.165) is 0 Å². The van der Waals surface area contributed by atoms with Crippen LogP contribution in [0.3, 0.4) is 0 Å². The smallest absolute Gasteiger partial charge is 0.330 e. The van der Waals surface area contributed by atoms with Crippen molar-refractivity contribution in [3.05, 3.63) is 16.6 Å². The summed E-state index contributed by atoms with van der Waals surface area (Å²) in [5.41, 5.74) is 2.16. The highest BCUT2D eigenvalue weighted by atomic mass is 35.5. The number of ether oxygens (including phenoxy) is 1. The number of alkyl halides is 1. The third-order valence-corrected chi connectivity index (χ3v) is 2.13. The zero-order valence-corrected chi connectivity index (χ0v) is 7.35. The van der Waals surface area contributed by atoms with E-state index < -0.39 is 11.3 Å². The Labute approximate surface area is 73.0 Å². The SMILES string of the molecule is COC(=O)C(Cl)c1cscn1. The predicted molar refractivity (Wildman–Crippen MR) is 42.7 cm³/mol. The molecule has 1 atom stereocenters. The van der Waals surface area contributed by atoms with E-state index in [2.05, 4.69) is 9.72 Å². The number of carbonyl (C=O) groups excluding carboxylic acids is 1. The standard InChI is InChI=1S/C6H6ClNO2S/c1-10-6(9)5(7)4-2-11-3-8-4/h2-3,5H,1H3. The van der Waals surface area contributed by atoms with E-state index in [1.807, 2.05) is 0 Å². The molecule has 3 nitrogen and oxygen atoms in total. The Kier molecular flexibility index (Phi) is 2.84. The molecule has 0 saturated carbocycles. The van der Waals surface area contributed by atoms with Crippen LogP contribution in [0.15, 0.2) is 10.9 Å². The lowest BCUT2D eigenvalue weighted by Gasteiger charge is -2.01. The number of carbonyl (C=O) groups is 1. The summed E-state index contributed by atoms with van der Waals surface area (Å²) in [6.45, 7) is 0. The van der Waals surface area contributed by atoms with E-state index in [-0.39, 0.29) is 0 Å². The lowest BCUT2D eigenvalue weighted by atomic mass is 10.3. The Hall–Kier alpha value is -0.610.